The van der Waals surface area contributed by atoms with Crippen LogP contribution in [-0.2, 0) is 6.54 Å². The third-order valence-electron chi connectivity index (χ3n) is 4.27. The number of nitrogens with one attached hydrogen (secondary N) is 1. The maximum Gasteiger partial charge on any atom is 0.271 e. The highest BCUT2D eigenvalue weighted by atomic mass is 19.1. The van der Waals surface area contributed by atoms with E-state index >= 15 is 0 Å². The number of halogens is 1. The first kappa shape index (κ1) is 16.1. The zero-order chi connectivity index (χ0) is 18.3. The van der Waals surface area contributed by atoms with Gasteiger partial charge in [-0.3, -0.25) is 19.5 Å². The largest absolute Gasteiger partial charge is 0.321 e. The molecule has 1 aliphatic carbocycles. The minimum atomic E-state index is -0.664. The number of fused-ring (bicyclic) bond motifs is 1. The molecule has 0 amide bonds. The lowest BCUT2D eigenvalue weighted by Crippen LogP contribution is -2.21. The second kappa shape index (κ2) is 6.17. The zero-order valence-corrected chi connectivity index (χ0v) is 13.6. The number of aromatic nitrogens is 3. The summed E-state index contributed by atoms with van der Waals surface area (Å²) in [4.78, 5) is 30.9. The number of rotatable bonds is 5. The lowest BCUT2D eigenvalue weighted by atomic mass is 10.2. The van der Waals surface area contributed by atoms with Crippen LogP contribution in [0.3, 0.4) is 0 Å². The van der Waals surface area contributed by atoms with Crippen molar-refractivity contribution in [2.24, 2.45) is 5.92 Å². The molecule has 1 N–H and O–H groups in total. The highest BCUT2D eigenvalue weighted by molar-refractivity contribution is 5.75. The number of anilines is 2. The van der Waals surface area contributed by atoms with Gasteiger partial charge in [0.15, 0.2) is 0 Å². The van der Waals surface area contributed by atoms with Crippen molar-refractivity contribution in [3.63, 3.8) is 0 Å². The van der Waals surface area contributed by atoms with Crippen LogP contribution in [0.15, 0.2) is 41.3 Å². The predicted molar refractivity (Wildman–Crippen MR) is 92.9 cm³/mol. The Labute approximate surface area is 146 Å². The number of pyridine rings is 1. The second-order valence-corrected chi connectivity index (χ2v) is 6.24. The number of hydrogen-bond acceptors (Lipinski definition) is 6. The fourth-order valence-electron chi connectivity index (χ4n) is 2.71. The highest BCUT2D eigenvalue weighted by Gasteiger charge is 2.23. The van der Waals surface area contributed by atoms with E-state index in [1.807, 2.05) is 0 Å². The molecule has 2 heterocycles. The lowest BCUT2D eigenvalue weighted by molar-refractivity contribution is -0.384. The molecule has 0 spiro atoms. The molecule has 0 unspecified atom stereocenters. The van der Waals surface area contributed by atoms with E-state index in [-0.39, 0.29) is 22.9 Å². The summed E-state index contributed by atoms with van der Waals surface area (Å²) in [6.07, 6.45) is 3.69. The van der Waals surface area contributed by atoms with Crippen molar-refractivity contribution in [3.8, 4) is 0 Å². The Balaban J connectivity index is 1.74. The van der Waals surface area contributed by atoms with E-state index in [1.54, 1.807) is 10.6 Å². The Morgan fingerprint density at radius 3 is 2.85 bits per heavy atom. The van der Waals surface area contributed by atoms with E-state index < -0.39 is 10.7 Å². The van der Waals surface area contributed by atoms with E-state index in [0.717, 1.165) is 31.0 Å². The number of nitrogens with zero attached hydrogens (tertiary/aromatic N) is 4. The van der Waals surface area contributed by atoms with Crippen molar-refractivity contribution < 1.29 is 9.31 Å². The van der Waals surface area contributed by atoms with Crippen LogP contribution in [0.1, 0.15) is 12.8 Å². The molecular formula is C17H14FN5O3. The fourth-order valence-corrected chi connectivity index (χ4v) is 2.71. The molecule has 4 rings (SSSR count). The van der Waals surface area contributed by atoms with Crippen LogP contribution in [0, 0.1) is 21.8 Å². The van der Waals surface area contributed by atoms with Crippen molar-refractivity contribution in [1.29, 1.82) is 0 Å². The van der Waals surface area contributed by atoms with E-state index in [1.165, 1.54) is 12.3 Å². The molecule has 0 radical (unpaired) electrons. The Hall–Kier alpha value is -3.36. The summed E-state index contributed by atoms with van der Waals surface area (Å²) >= 11 is 0. The standard InChI is InChI=1S/C17H14FN5O3/c18-13-5-4-12(23(25)26)7-14(13)20-17-19-8-11-3-6-15(24)22(16(11)21-17)9-10-1-2-10/h3-8,10H,1-2,9H2,(H,19,20,21). The topological polar surface area (TPSA) is 103 Å². The van der Waals surface area contributed by atoms with Gasteiger partial charge in [-0.25, -0.2) is 9.37 Å². The molecule has 9 heteroatoms. The van der Waals surface area contributed by atoms with Gasteiger partial charge in [0.05, 0.1) is 10.6 Å². The number of nitro benzene ring substituents is 1. The summed E-state index contributed by atoms with van der Waals surface area (Å²) in [5.74, 6) is -0.131. The quantitative estimate of drug-likeness (QED) is 0.557. The SMILES string of the molecule is O=c1ccc2cnc(Nc3cc([N+](=O)[O-])ccc3F)nc2n1CC1CC1. The Morgan fingerprint density at radius 1 is 1.31 bits per heavy atom. The van der Waals surface area contributed by atoms with Crippen LogP contribution in [0.25, 0.3) is 11.0 Å². The van der Waals surface area contributed by atoms with Gasteiger partial charge in [0.1, 0.15) is 11.5 Å². The van der Waals surface area contributed by atoms with Crippen molar-refractivity contribution >= 4 is 28.4 Å². The molecule has 132 valence electrons. The maximum atomic E-state index is 14.0. The number of benzene rings is 1. The van der Waals surface area contributed by atoms with Gasteiger partial charge in [0.25, 0.3) is 11.2 Å². The molecule has 0 saturated heterocycles. The monoisotopic (exact) mass is 355 g/mol. The first-order valence-electron chi connectivity index (χ1n) is 8.09. The summed E-state index contributed by atoms with van der Waals surface area (Å²) in [5, 5.41) is 14.2. The van der Waals surface area contributed by atoms with Crippen molar-refractivity contribution in [1.82, 2.24) is 14.5 Å². The van der Waals surface area contributed by atoms with Crippen molar-refractivity contribution in [2.45, 2.75) is 19.4 Å². The fraction of sp³-hybridized carbons (Fsp3) is 0.235. The van der Waals surface area contributed by atoms with E-state index in [2.05, 4.69) is 15.3 Å². The molecular weight excluding hydrogens is 341 g/mol. The van der Waals surface area contributed by atoms with Gasteiger partial charge >= 0.3 is 0 Å². The molecule has 0 aliphatic heterocycles. The van der Waals surface area contributed by atoms with Crippen LogP contribution in [0.2, 0.25) is 0 Å². The van der Waals surface area contributed by atoms with Gasteiger partial charge < -0.3 is 5.32 Å². The molecule has 8 nitrogen and oxygen atoms in total. The van der Waals surface area contributed by atoms with Gasteiger partial charge in [-0.15, -0.1) is 0 Å². The van der Waals surface area contributed by atoms with E-state index in [0.29, 0.717) is 23.5 Å². The maximum absolute atomic E-state index is 14.0. The summed E-state index contributed by atoms with van der Waals surface area (Å²) in [6, 6.07) is 6.27. The van der Waals surface area contributed by atoms with Crippen molar-refractivity contribution in [2.75, 3.05) is 5.32 Å². The Morgan fingerprint density at radius 2 is 2.12 bits per heavy atom. The van der Waals surface area contributed by atoms with Crippen LogP contribution in [0.4, 0.5) is 21.7 Å². The number of hydrogen-bond donors (Lipinski definition) is 1. The van der Waals surface area contributed by atoms with E-state index in [9.17, 15) is 19.3 Å². The second-order valence-electron chi connectivity index (χ2n) is 6.24. The van der Waals surface area contributed by atoms with Crippen LogP contribution in [0.5, 0.6) is 0 Å². The van der Waals surface area contributed by atoms with Crippen LogP contribution >= 0.6 is 0 Å². The summed E-state index contributed by atoms with van der Waals surface area (Å²) in [5.41, 5.74) is -0.0609. The van der Waals surface area contributed by atoms with Crippen LogP contribution < -0.4 is 10.9 Å². The van der Waals surface area contributed by atoms with Gasteiger partial charge in [-0.1, -0.05) is 0 Å². The molecule has 1 aliphatic rings. The number of nitro groups is 1. The number of non-ortho nitro benzene ring substituents is 1. The first-order chi connectivity index (χ1) is 12.5. The Kier molecular flexibility index (Phi) is 3.83. The minimum absolute atomic E-state index is 0.0621. The molecule has 26 heavy (non-hydrogen) atoms. The van der Waals surface area contributed by atoms with Crippen LogP contribution in [-0.4, -0.2) is 19.5 Å². The first-order valence-corrected chi connectivity index (χ1v) is 8.09. The lowest BCUT2D eigenvalue weighted by Gasteiger charge is -2.10. The predicted octanol–water partition coefficient (Wildman–Crippen LogP) is 2.99. The van der Waals surface area contributed by atoms with Gasteiger partial charge in [0, 0.05) is 36.3 Å². The summed E-state index contributed by atoms with van der Waals surface area (Å²) in [6.45, 7) is 0.581. The molecule has 1 saturated carbocycles. The average molecular weight is 355 g/mol. The zero-order valence-electron chi connectivity index (χ0n) is 13.6. The Bertz CT molecular complexity index is 1080. The molecule has 2 aromatic heterocycles. The van der Waals surface area contributed by atoms with Crippen molar-refractivity contribution in [3.05, 3.63) is 62.8 Å². The smallest absolute Gasteiger partial charge is 0.271 e. The molecule has 0 bridgehead atoms. The summed E-state index contributed by atoms with van der Waals surface area (Å²) < 4.78 is 15.5. The van der Waals surface area contributed by atoms with E-state index in [4.69, 9.17) is 0 Å². The van der Waals surface area contributed by atoms with Gasteiger partial charge in [-0.2, -0.15) is 4.98 Å². The van der Waals surface area contributed by atoms with Gasteiger partial charge in [-0.05, 0) is 30.9 Å². The molecule has 1 fully saturated rings. The molecule has 1 aromatic carbocycles. The third kappa shape index (κ3) is 3.10. The third-order valence-corrected chi connectivity index (χ3v) is 4.27. The highest BCUT2D eigenvalue weighted by Crippen LogP contribution is 2.31. The molecule has 3 aromatic rings. The average Bonchev–Trinajstić information content (AvgIpc) is 3.43. The normalized spacial score (nSPS) is 13.7. The summed E-state index contributed by atoms with van der Waals surface area (Å²) in [7, 11) is 0. The molecule has 0 atom stereocenters. The minimum Gasteiger partial charge on any atom is -0.321 e. The van der Waals surface area contributed by atoms with Gasteiger partial charge in [0.2, 0.25) is 5.95 Å².